The van der Waals surface area contributed by atoms with E-state index in [0.717, 1.165) is 12.8 Å². The molecule has 1 aliphatic rings. The van der Waals surface area contributed by atoms with Gasteiger partial charge < -0.3 is 13.8 Å². The van der Waals surface area contributed by atoms with Gasteiger partial charge in [0.05, 0.1) is 25.4 Å². The summed E-state index contributed by atoms with van der Waals surface area (Å²) in [5.74, 6) is 0.604. The van der Waals surface area contributed by atoms with E-state index in [-0.39, 0.29) is 16.6 Å². The van der Waals surface area contributed by atoms with Gasteiger partial charge in [0.2, 0.25) is 0 Å². The molecule has 0 spiro atoms. The molecule has 0 aliphatic carbocycles. The van der Waals surface area contributed by atoms with E-state index in [9.17, 15) is 4.79 Å². The maximum Gasteiger partial charge on any atom is 0.253 e. The van der Waals surface area contributed by atoms with Crippen molar-refractivity contribution in [1.29, 1.82) is 0 Å². The molecule has 0 aromatic rings. The summed E-state index contributed by atoms with van der Waals surface area (Å²) in [4.78, 5) is 11.7. The van der Waals surface area contributed by atoms with Crippen LogP contribution in [0.25, 0.3) is 0 Å². The zero-order chi connectivity index (χ0) is 15.2. The number of nitrogens with two attached hydrogens (primary N) is 1. The summed E-state index contributed by atoms with van der Waals surface area (Å²) in [6.45, 7) is 8.70. The van der Waals surface area contributed by atoms with Crippen LogP contribution in [0.3, 0.4) is 0 Å². The molecule has 0 radical (unpaired) electrons. The number of carbonyl (C=O) groups excluding carboxylic acids is 1. The highest BCUT2D eigenvalue weighted by Gasteiger charge is 2.23. The lowest BCUT2D eigenvalue weighted by Gasteiger charge is -2.17. The van der Waals surface area contributed by atoms with E-state index in [1.165, 1.54) is 11.8 Å². The predicted molar refractivity (Wildman–Crippen MR) is 83.5 cm³/mol. The van der Waals surface area contributed by atoms with Gasteiger partial charge in [-0.3, -0.25) is 10.3 Å². The number of carbonyl (C=O) groups is 1. The Morgan fingerprint density at radius 1 is 1.40 bits per heavy atom. The molecule has 0 bridgehead atoms. The molecule has 0 aromatic heterocycles. The maximum atomic E-state index is 11.7. The third-order valence-corrected chi connectivity index (χ3v) is 4.94. The van der Waals surface area contributed by atoms with Crippen molar-refractivity contribution in [2.45, 2.75) is 52.7 Å². The van der Waals surface area contributed by atoms with E-state index in [1.807, 2.05) is 20.8 Å². The predicted octanol–water partition coefficient (Wildman–Crippen LogP) is 3.08. The summed E-state index contributed by atoms with van der Waals surface area (Å²) in [6, 6.07) is 0. The van der Waals surface area contributed by atoms with Gasteiger partial charge in [-0.05, 0) is 19.8 Å². The van der Waals surface area contributed by atoms with Crippen molar-refractivity contribution >= 4 is 25.4 Å². The van der Waals surface area contributed by atoms with Gasteiger partial charge in [0.1, 0.15) is 0 Å². The van der Waals surface area contributed by atoms with Crippen LogP contribution in [0.15, 0.2) is 0 Å². The molecule has 1 rings (SSSR count). The lowest BCUT2D eigenvalue weighted by atomic mass is 10.00. The number of hydrogen-bond acceptors (Lipinski definition) is 6. The van der Waals surface area contributed by atoms with Gasteiger partial charge in [0.15, 0.2) is 5.12 Å². The Kier molecular flexibility index (Phi) is 7.95. The zero-order valence-electron chi connectivity index (χ0n) is 12.8. The van der Waals surface area contributed by atoms with Gasteiger partial charge >= 0.3 is 0 Å². The van der Waals surface area contributed by atoms with Crippen molar-refractivity contribution in [3.05, 3.63) is 0 Å². The van der Waals surface area contributed by atoms with Gasteiger partial charge in [-0.2, -0.15) is 0 Å². The number of thioether (sulfide) groups is 1. The second-order valence-corrected chi connectivity index (χ2v) is 8.10. The lowest BCUT2D eigenvalue weighted by molar-refractivity contribution is -0.117. The van der Waals surface area contributed by atoms with E-state index in [2.05, 4.69) is 6.92 Å². The number of hydrogen-bond donors (Lipinski definition) is 1. The van der Waals surface area contributed by atoms with Crippen molar-refractivity contribution in [3.63, 3.8) is 0 Å². The maximum absolute atomic E-state index is 11.7. The molecule has 1 heterocycles. The second kappa shape index (κ2) is 8.66. The van der Waals surface area contributed by atoms with E-state index in [0.29, 0.717) is 25.1 Å². The number of rotatable bonds is 7. The first-order valence-electron chi connectivity index (χ1n) is 6.92. The topological polar surface area (TPSA) is 70.8 Å². The van der Waals surface area contributed by atoms with Crippen molar-refractivity contribution in [2.75, 3.05) is 19.0 Å². The molecule has 118 valence electrons. The Balaban J connectivity index is 2.03. The fourth-order valence-corrected chi connectivity index (χ4v) is 3.25. The highest BCUT2D eigenvalue weighted by molar-refractivity contribution is 8.13. The summed E-state index contributed by atoms with van der Waals surface area (Å²) >= 11 is 1.28. The van der Waals surface area contributed by atoms with Crippen LogP contribution in [0.4, 0.5) is 0 Å². The number of ether oxygens (including phenoxy) is 1. The molecule has 0 aromatic carbocycles. The van der Waals surface area contributed by atoms with E-state index >= 15 is 0 Å². The highest BCUT2D eigenvalue weighted by atomic mass is 32.2. The molecule has 0 amide bonds. The molecule has 1 aliphatic heterocycles. The second-order valence-electron chi connectivity index (χ2n) is 5.95. The first-order chi connectivity index (χ1) is 9.29. The molecule has 0 saturated carbocycles. The Hall–Kier alpha value is 0.290. The minimum Gasteiger partial charge on any atom is -0.373 e. The first kappa shape index (κ1) is 18.3. The molecule has 1 fully saturated rings. The third-order valence-electron chi connectivity index (χ3n) is 2.85. The minimum atomic E-state index is -1.37. The van der Waals surface area contributed by atoms with Crippen LogP contribution in [0.2, 0.25) is 0 Å². The molecule has 7 heteroatoms. The van der Waals surface area contributed by atoms with Crippen LogP contribution in [0, 0.1) is 5.41 Å². The van der Waals surface area contributed by atoms with E-state index < -0.39 is 8.53 Å². The van der Waals surface area contributed by atoms with Gasteiger partial charge in [0.25, 0.3) is 8.53 Å². The van der Waals surface area contributed by atoms with Crippen LogP contribution in [0.5, 0.6) is 0 Å². The Morgan fingerprint density at radius 2 is 2.10 bits per heavy atom. The fourth-order valence-electron chi connectivity index (χ4n) is 1.68. The van der Waals surface area contributed by atoms with Crippen LogP contribution < -0.4 is 5.50 Å². The molecular weight excluding hydrogens is 297 g/mol. The van der Waals surface area contributed by atoms with Crippen molar-refractivity contribution < 1.29 is 18.6 Å². The minimum absolute atomic E-state index is 0.138. The summed E-state index contributed by atoms with van der Waals surface area (Å²) in [5, 5.41) is 0.164. The molecule has 1 saturated heterocycles. The summed E-state index contributed by atoms with van der Waals surface area (Å²) in [6.07, 6.45) is 2.54. The fraction of sp³-hybridized carbons (Fsp3) is 0.923. The van der Waals surface area contributed by atoms with Gasteiger partial charge in [0, 0.05) is 11.2 Å². The Bertz CT molecular complexity index is 311. The van der Waals surface area contributed by atoms with Crippen LogP contribution >= 0.6 is 20.3 Å². The molecule has 20 heavy (non-hydrogen) atoms. The third kappa shape index (κ3) is 7.34. The normalized spacial score (nSPS) is 24.9. The smallest absolute Gasteiger partial charge is 0.253 e. The van der Waals surface area contributed by atoms with E-state index in [4.69, 9.17) is 19.3 Å². The quantitative estimate of drug-likeness (QED) is 0.573. The average molecular weight is 323 g/mol. The van der Waals surface area contributed by atoms with Crippen molar-refractivity contribution in [1.82, 2.24) is 0 Å². The molecule has 3 atom stereocenters. The van der Waals surface area contributed by atoms with E-state index in [1.54, 1.807) is 0 Å². The van der Waals surface area contributed by atoms with Crippen molar-refractivity contribution in [2.24, 2.45) is 10.9 Å². The van der Waals surface area contributed by atoms with Crippen LogP contribution in [-0.4, -0.2) is 36.3 Å². The lowest BCUT2D eigenvalue weighted by Crippen LogP contribution is -2.18. The molecule has 2 N–H and O–H groups in total. The Labute approximate surface area is 127 Å². The van der Waals surface area contributed by atoms with Gasteiger partial charge in [-0.15, -0.1) is 0 Å². The zero-order valence-corrected chi connectivity index (χ0v) is 14.5. The summed E-state index contributed by atoms with van der Waals surface area (Å²) < 4.78 is 16.5. The standard InChI is InChI=1S/C13H26NO4PS/c1-10-5-6-11(18-10)9-17-19(14)16-7-8-20-12(15)13(2,3)4/h10-11H,5-9,14H2,1-4H3/t10-,11-,19?/m0/s1. The molecular formula is C13H26NO4PS. The Morgan fingerprint density at radius 3 is 2.65 bits per heavy atom. The van der Waals surface area contributed by atoms with Gasteiger partial charge in [-0.1, -0.05) is 32.5 Å². The molecule has 1 unspecified atom stereocenters. The summed E-state index contributed by atoms with van der Waals surface area (Å²) in [5.41, 5.74) is 5.45. The highest BCUT2D eigenvalue weighted by Crippen LogP contribution is 2.31. The van der Waals surface area contributed by atoms with Gasteiger partial charge in [-0.25, -0.2) is 0 Å². The van der Waals surface area contributed by atoms with Crippen LogP contribution in [-0.2, 0) is 18.6 Å². The monoisotopic (exact) mass is 323 g/mol. The average Bonchev–Trinajstić information content (AvgIpc) is 2.76. The molecule has 5 nitrogen and oxygen atoms in total. The SMILES string of the molecule is C[C@H]1CC[C@@H](COP(N)OCCSC(=O)C(C)(C)C)O1. The largest absolute Gasteiger partial charge is 0.373 e. The summed E-state index contributed by atoms with van der Waals surface area (Å²) in [7, 11) is -1.37. The first-order valence-corrected chi connectivity index (χ1v) is 9.15. The van der Waals surface area contributed by atoms with Crippen molar-refractivity contribution in [3.8, 4) is 0 Å². The van der Waals surface area contributed by atoms with Crippen LogP contribution in [0.1, 0.15) is 40.5 Å².